The number of benzene rings is 2. The minimum absolute atomic E-state index is 0.419. The predicted octanol–water partition coefficient (Wildman–Crippen LogP) is 2.57. The average molecular weight is 357 g/mol. The largest absolute Gasteiger partial charge is 0.385 e. The highest BCUT2D eigenvalue weighted by atomic mass is 35.5. The van der Waals surface area contributed by atoms with E-state index in [1.165, 1.54) is 6.07 Å². The molecule has 0 unspecified atom stereocenters. The molecule has 0 fully saturated rings. The fraction of sp³-hybridized carbons (Fsp3) is 0.0714. The molecule has 3 aromatic rings. The minimum atomic E-state index is -1.68. The number of carbonyl (C=O) groups excluding carboxylic acids is 1. The Kier molecular flexibility index (Phi) is 4.26. The fourth-order valence-corrected chi connectivity index (χ4v) is 2.06. The molecule has 1 amide bonds. The minimum Gasteiger partial charge on any atom is -0.385 e. The summed E-state index contributed by atoms with van der Waals surface area (Å²) in [5.74, 6) is -5.33. The van der Waals surface area contributed by atoms with Crippen LogP contribution in [0.1, 0.15) is 0 Å². The lowest BCUT2D eigenvalue weighted by atomic mass is 10.3. The molecule has 0 spiro atoms. The van der Waals surface area contributed by atoms with Crippen molar-refractivity contribution >= 4 is 34.2 Å². The zero-order valence-electron chi connectivity index (χ0n) is 11.8. The normalized spacial score (nSPS) is 10.8. The van der Waals surface area contributed by atoms with Crippen LogP contribution >= 0.6 is 11.6 Å². The molecule has 0 saturated carbocycles. The molecule has 3 rings (SSSR count). The molecule has 1 heterocycles. The van der Waals surface area contributed by atoms with Crippen LogP contribution in [0.4, 0.5) is 18.9 Å². The Bertz CT molecular complexity index is 932. The zero-order chi connectivity index (χ0) is 17.3. The first kappa shape index (κ1) is 16.1. The van der Waals surface area contributed by atoms with Gasteiger partial charge >= 0.3 is 0 Å². The Labute approximate surface area is 137 Å². The first-order chi connectivity index (χ1) is 11.5. The standard InChI is InChI=1S/C14H8ClF3N4O2/c15-7-1-3-9-11(5-7)22(21-20-9)24-6-12(23)19-10-4-2-8(16)13(17)14(10)18/h1-5H,6H2,(H,19,23). The average Bonchev–Trinajstić information content (AvgIpc) is 2.96. The van der Waals surface area contributed by atoms with E-state index in [1.807, 2.05) is 0 Å². The Balaban J connectivity index is 1.69. The first-order valence-electron chi connectivity index (χ1n) is 6.53. The van der Waals surface area contributed by atoms with Crippen LogP contribution in [0.5, 0.6) is 0 Å². The van der Waals surface area contributed by atoms with E-state index in [-0.39, 0.29) is 0 Å². The van der Waals surface area contributed by atoms with Crippen LogP contribution in [-0.2, 0) is 4.79 Å². The van der Waals surface area contributed by atoms with E-state index in [9.17, 15) is 18.0 Å². The molecule has 0 aliphatic heterocycles. The molecule has 2 aromatic carbocycles. The number of amides is 1. The molecular formula is C14H8ClF3N4O2. The van der Waals surface area contributed by atoms with E-state index >= 15 is 0 Å². The summed E-state index contributed by atoms with van der Waals surface area (Å²) in [5, 5.41) is 9.97. The highest BCUT2D eigenvalue weighted by molar-refractivity contribution is 6.31. The van der Waals surface area contributed by atoms with Crippen molar-refractivity contribution in [1.29, 1.82) is 0 Å². The van der Waals surface area contributed by atoms with Crippen LogP contribution < -0.4 is 10.2 Å². The number of nitrogens with one attached hydrogen (secondary N) is 1. The van der Waals surface area contributed by atoms with E-state index in [0.717, 1.165) is 10.9 Å². The quantitative estimate of drug-likeness (QED) is 0.729. The topological polar surface area (TPSA) is 69.0 Å². The van der Waals surface area contributed by atoms with E-state index < -0.39 is 35.7 Å². The van der Waals surface area contributed by atoms with Crippen LogP contribution in [-0.4, -0.2) is 27.7 Å². The van der Waals surface area contributed by atoms with Crippen molar-refractivity contribution in [3.63, 3.8) is 0 Å². The van der Waals surface area contributed by atoms with Crippen LogP contribution in [0.15, 0.2) is 30.3 Å². The van der Waals surface area contributed by atoms with E-state index in [0.29, 0.717) is 22.1 Å². The summed E-state index contributed by atoms with van der Waals surface area (Å²) in [6, 6.07) is 6.35. The van der Waals surface area contributed by atoms with Crippen molar-refractivity contribution in [2.75, 3.05) is 11.9 Å². The predicted molar refractivity (Wildman–Crippen MR) is 78.9 cm³/mol. The third-order valence-corrected chi connectivity index (χ3v) is 3.24. The van der Waals surface area contributed by atoms with Crippen molar-refractivity contribution in [2.24, 2.45) is 0 Å². The molecule has 10 heteroatoms. The van der Waals surface area contributed by atoms with Gasteiger partial charge in [-0.2, -0.15) is 0 Å². The maximum Gasteiger partial charge on any atom is 0.265 e. The molecule has 1 aromatic heterocycles. The second-order valence-electron chi connectivity index (χ2n) is 4.64. The molecule has 0 radical (unpaired) electrons. The maximum absolute atomic E-state index is 13.5. The van der Waals surface area contributed by atoms with Crippen molar-refractivity contribution < 1.29 is 22.8 Å². The monoisotopic (exact) mass is 356 g/mol. The lowest BCUT2D eigenvalue weighted by molar-refractivity contribution is -0.121. The van der Waals surface area contributed by atoms with Gasteiger partial charge < -0.3 is 10.2 Å². The lowest BCUT2D eigenvalue weighted by Crippen LogP contribution is -2.26. The number of nitrogens with zero attached hydrogens (tertiary/aromatic N) is 3. The zero-order valence-corrected chi connectivity index (χ0v) is 12.5. The van der Waals surface area contributed by atoms with Gasteiger partial charge in [-0.1, -0.05) is 16.4 Å². The SMILES string of the molecule is O=C(COn1nnc2ccc(Cl)cc21)Nc1ccc(F)c(F)c1F. The Morgan fingerprint density at radius 3 is 2.79 bits per heavy atom. The second kappa shape index (κ2) is 6.36. The lowest BCUT2D eigenvalue weighted by Gasteiger charge is -2.08. The van der Waals surface area contributed by atoms with Crippen molar-refractivity contribution in [3.8, 4) is 0 Å². The molecule has 24 heavy (non-hydrogen) atoms. The van der Waals surface area contributed by atoms with Gasteiger partial charge in [-0.05, 0) is 35.5 Å². The van der Waals surface area contributed by atoms with E-state index in [4.69, 9.17) is 16.4 Å². The summed E-state index contributed by atoms with van der Waals surface area (Å²) in [6.45, 7) is -0.566. The first-order valence-corrected chi connectivity index (χ1v) is 6.91. The molecule has 0 atom stereocenters. The number of anilines is 1. The third kappa shape index (κ3) is 3.11. The number of aromatic nitrogens is 3. The summed E-state index contributed by atoms with van der Waals surface area (Å²) < 4.78 is 39.4. The summed E-state index contributed by atoms with van der Waals surface area (Å²) in [5.41, 5.74) is 0.412. The second-order valence-corrected chi connectivity index (χ2v) is 5.08. The van der Waals surface area contributed by atoms with Crippen molar-refractivity contribution in [3.05, 3.63) is 52.8 Å². The molecule has 6 nitrogen and oxygen atoms in total. The highest BCUT2D eigenvalue weighted by Gasteiger charge is 2.16. The molecule has 0 bridgehead atoms. The Morgan fingerprint density at radius 1 is 1.21 bits per heavy atom. The Morgan fingerprint density at radius 2 is 2.00 bits per heavy atom. The molecular weight excluding hydrogens is 349 g/mol. The number of hydrogen-bond acceptors (Lipinski definition) is 4. The van der Waals surface area contributed by atoms with E-state index in [1.54, 1.807) is 12.1 Å². The number of halogens is 4. The third-order valence-electron chi connectivity index (χ3n) is 3.00. The maximum atomic E-state index is 13.5. The van der Waals surface area contributed by atoms with E-state index in [2.05, 4.69) is 15.6 Å². The molecule has 124 valence electrons. The number of fused-ring (bicyclic) bond motifs is 1. The summed E-state index contributed by atoms with van der Waals surface area (Å²) in [6.07, 6.45) is 0. The van der Waals surface area contributed by atoms with Gasteiger partial charge in [0.2, 0.25) is 0 Å². The Hall–Kier alpha value is -2.81. The van der Waals surface area contributed by atoms with Gasteiger partial charge in [0.05, 0.1) is 5.69 Å². The van der Waals surface area contributed by atoms with Crippen LogP contribution in [0.25, 0.3) is 11.0 Å². The van der Waals surface area contributed by atoms with Gasteiger partial charge in [-0.3, -0.25) is 4.79 Å². The van der Waals surface area contributed by atoms with Gasteiger partial charge in [0.15, 0.2) is 24.1 Å². The molecule has 0 saturated heterocycles. The van der Waals surface area contributed by atoms with Crippen molar-refractivity contribution in [1.82, 2.24) is 15.2 Å². The highest BCUT2D eigenvalue weighted by Crippen LogP contribution is 2.19. The van der Waals surface area contributed by atoms with Crippen LogP contribution in [0.3, 0.4) is 0 Å². The smallest absolute Gasteiger partial charge is 0.265 e. The van der Waals surface area contributed by atoms with Gasteiger partial charge in [-0.15, -0.1) is 5.10 Å². The number of rotatable bonds is 4. The fourth-order valence-electron chi connectivity index (χ4n) is 1.90. The molecule has 1 N–H and O–H groups in total. The number of carbonyl (C=O) groups is 1. The molecule has 0 aliphatic rings. The van der Waals surface area contributed by atoms with Gasteiger partial charge in [0.25, 0.3) is 5.91 Å². The number of hydrogen-bond donors (Lipinski definition) is 1. The van der Waals surface area contributed by atoms with Gasteiger partial charge in [-0.25, -0.2) is 13.2 Å². The van der Waals surface area contributed by atoms with Gasteiger partial charge in [0, 0.05) is 5.02 Å². The molecule has 0 aliphatic carbocycles. The van der Waals surface area contributed by atoms with Gasteiger partial charge in [0.1, 0.15) is 11.0 Å². The summed E-state index contributed by atoms with van der Waals surface area (Å²) >= 11 is 5.85. The van der Waals surface area contributed by atoms with Crippen LogP contribution in [0, 0.1) is 17.5 Å². The van der Waals surface area contributed by atoms with Crippen molar-refractivity contribution in [2.45, 2.75) is 0 Å². The summed E-state index contributed by atoms with van der Waals surface area (Å²) in [4.78, 5) is 17.9. The van der Waals surface area contributed by atoms with Crippen LogP contribution in [0.2, 0.25) is 5.02 Å². The summed E-state index contributed by atoms with van der Waals surface area (Å²) in [7, 11) is 0.